The quantitative estimate of drug-likeness (QED) is 0.733. The Balaban J connectivity index is 1.72. The van der Waals surface area contributed by atoms with Crippen LogP contribution in [0.15, 0.2) is 67.0 Å². The van der Waals surface area contributed by atoms with Crippen LogP contribution < -0.4 is 9.88 Å². The Morgan fingerprint density at radius 2 is 1.71 bits per heavy atom. The molecule has 21 heavy (non-hydrogen) atoms. The van der Waals surface area contributed by atoms with Gasteiger partial charge in [-0.25, -0.2) is 0 Å². The molecule has 0 aliphatic carbocycles. The minimum absolute atomic E-state index is 0.0286. The van der Waals surface area contributed by atoms with Crippen molar-refractivity contribution in [2.45, 2.75) is 13.5 Å². The third kappa shape index (κ3) is 3.26. The number of nitrogens with zero attached hydrogens (tertiary/aromatic N) is 1. The molecule has 3 heteroatoms. The number of nitrogens with one attached hydrogen (secondary N) is 1. The van der Waals surface area contributed by atoms with E-state index in [1.807, 2.05) is 72.4 Å². The zero-order chi connectivity index (χ0) is 14.7. The number of fused-ring (bicyclic) bond motifs is 1. The lowest BCUT2D eigenvalue weighted by Crippen LogP contribution is -2.39. The number of carbonyl (C=O) groups excluding carboxylic acids is 1. The van der Waals surface area contributed by atoms with Gasteiger partial charge in [0.25, 0.3) is 5.91 Å². The van der Waals surface area contributed by atoms with Crippen molar-refractivity contribution in [2.24, 2.45) is 0 Å². The molecule has 2 aromatic carbocycles. The van der Waals surface area contributed by atoms with E-state index in [2.05, 4.69) is 11.4 Å². The van der Waals surface area contributed by atoms with Crippen LogP contribution in [0, 0.1) is 6.92 Å². The number of rotatable bonds is 3. The van der Waals surface area contributed by atoms with Gasteiger partial charge in [0.1, 0.15) is 0 Å². The van der Waals surface area contributed by atoms with Crippen LogP contribution in [0.4, 0.5) is 5.69 Å². The highest BCUT2D eigenvalue weighted by atomic mass is 16.1. The highest BCUT2D eigenvalue weighted by molar-refractivity contribution is 5.89. The van der Waals surface area contributed by atoms with Gasteiger partial charge in [0.05, 0.1) is 0 Å². The summed E-state index contributed by atoms with van der Waals surface area (Å²) in [7, 11) is 0. The molecule has 104 valence electrons. The van der Waals surface area contributed by atoms with E-state index < -0.39 is 0 Å². The fraction of sp³-hybridized carbons (Fsp3) is 0.111. The molecule has 3 rings (SSSR count). The topological polar surface area (TPSA) is 33.0 Å². The summed E-state index contributed by atoms with van der Waals surface area (Å²) in [4.78, 5) is 12.1. The molecule has 3 aromatic rings. The number of aromatic nitrogens is 1. The largest absolute Gasteiger partial charge is 0.321 e. The van der Waals surface area contributed by atoms with E-state index in [-0.39, 0.29) is 5.91 Å². The molecular weight excluding hydrogens is 260 g/mol. The van der Waals surface area contributed by atoms with Crippen molar-refractivity contribution in [3.8, 4) is 0 Å². The van der Waals surface area contributed by atoms with Crippen molar-refractivity contribution >= 4 is 22.4 Å². The second kappa shape index (κ2) is 5.75. The molecule has 1 N–H and O–H groups in total. The lowest BCUT2D eigenvalue weighted by atomic mass is 10.2. The third-order valence-corrected chi connectivity index (χ3v) is 3.41. The predicted molar refractivity (Wildman–Crippen MR) is 84.0 cm³/mol. The van der Waals surface area contributed by atoms with Crippen LogP contribution in [-0.4, -0.2) is 5.91 Å². The van der Waals surface area contributed by atoms with Crippen molar-refractivity contribution < 1.29 is 9.36 Å². The molecule has 3 nitrogen and oxygen atoms in total. The molecule has 0 saturated carbocycles. The van der Waals surface area contributed by atoms with Gasteiger partial charge in [-0.2, -0.15) is 4.57 Å². The number of anilines is 1. The number of benzene rings is 2. The fourth-order valence-electron chi connectivity index (χ4n) is 2.28. The van der Waals surface area contributed by atoms with Gasteiger partial charge in [0.15, 0.2) is 12.4 Å². The van der Waals surface area contributed by atoms with Crippen molar-refractivity contribution in [1.29, 1.82) is 0 Å². The number of hydrogen-bond acceptors (Lipinski definition) is 1. The van der Waals surface area contributed by atoms with Crippen molar-refractivity contribution in [2.75, 3.05) is 5.32 Å². The fourth-order valence-corrected chi connectivity index (χ4v) is 2.28. The SMILES string of the molecule is Cc1ccc(NC(=O)C[n+]2ccc3ccccc3c2)cc1. The van der Waals surface area contributed by atoms with Crippen LogP contribution in [0.2, 0.25) is 0 Å². The van der Waals surface area contributed by atoms with E-state index in [1.165, 1.54) is 10.9 Å². The van der Waals surface area contributed by atoms with Crippen LogP contribution in [0.3, 0.4) is 0 Å². The minimum Gasteiger partial charge on any atom is -0.321 e. The van der Waals surface area contributed by atoms with Crippen LogP contribution in [-0.2, 0) is 11.3 Å². The Hall–Kier alpha value is -2.68. The van der Waals surface area contributed by atoms with Crippen LogP contribution in [0.1, 0.15) is 5.56 Å². The Bertz CT molecular complexity index is 779. The average molecular weight is 277 g/mol. The van der Waals surface area contributed by atoms with E-state index in [0.717, 1.165) is 11.1 Å². The first-order valence-corrected chi connectivity index (χ1v) is 6.95. The standard InChI is InChI=1S/C18H16N2O/c1-14-6-8-17(9-7-14)19-18(21)13-20-11-10-15-4-2-3-5-16(15)12-20/h2-12H,13H2,1H3/p+1. The van der Waals surface area contributed by atoms with E-state index >= 15 is 0 Å². The highest BCUT2D eigenvalue weighted by Gasteiger charge is 2.10. The minimum atomic E-state index is -0.0286. The Labute approximate surface area is 123 Å². The summed E-state index contributed by atoms with van der Waals surface area (Å²) in [5, 5.41) is 5.21. The van der Waals surface area contributed by atoms with Gasteiger partial charge >= 0.3 is 0 Å². The summed E-state index contributed by atoms with van der Waals surface area (Å²) >= 11 is 0. The van der Waals surface area contributed by atoms with Gasteiger partial charge in [-0.1, -0.05) is 35.9 Å². The first-order chi connectivity index (χ1) is 10.2. The van der Waals surface area contributed by atoms with Crippen LogP contribution >= 0.6 is 0 Å². The lowest BCUT2D eigenvalue weighted by Gasteiger charge is -2.04. The van der Waals surface area contributed by atoms with Crippen molar-refractivity contribution in [3.63, 3.8) is 0 Å². The van der Waals surface area contributed by atoms with Gasteiger partial charge in [-0.05, 0) is 30.5 Å². The summed E-state index contributed by atoms with van der Waals surface area (Å²) in [5.41, 5.74) is 2.00. The van der Waals surface area contributed by atoms with Gasteiger partial charge in [-0.15, -0.1) is 0 Å². The van der Waals surface area contributed by atoms with E-state index in [0.29, 0.717) is 6.54 Å². The zero-order valence-electron chi connectivity index (χ0n) is 11.9. The van der Waals surface area contributed by atoms with Crippen LogP contribution in [0.25, 0.3) is 10.8 Å². The second-order valence-corrected chi connectivity index (χ2v) is 5.16. The molecule has 1 heterocycles. The summed E-state index contributed by atoms with van der Waals surface area (Å²) in [5.74, 6) is -0.0286. The average Bonchev–Trinajstić information content (AvgIpc) is 2.49. The summed E-state index contributed by atoms with van der Waals surface area (Å²) < 4.78 is 1.89. The molecule has 0 radical (unpaired) electrons. The Morgan fingerprint density at radius 1 is 1.00 bits per heavy atom. The maximum Gasteiger partial charge on any atom is 0.290 e. The predicted octanol–water partition coefficient (Wildman–Crippen LogP) is 3.07. The van der Waals surface area contributed by atoms with Gasteiger partial charge in [0.2, 0.25) is 6.54 Å². The molecule has 0 bridgehead atoms. The summed E-state index contributed by atoms with van der Waals surface area (Å²) in [6.45, 7) is 2.33. The van der Waals surface area contributed by atoms with Crippen LogP contribution in [0.5, 0.6) is 0 Å². The van der Waals surface area contributed by atoms with Gasteiger partial charge in [0, 0.05) is 17.1 Å². The molecule has 0 unspecified atom stereocenters. The Morgan fingerprint density at radius 3 is 2.48 bits per heavy atom. The third-order valence-electron chi connectivity index (χ3n) is 3.41. The molecule has 0 atom stereocenters. The highest BCUT2D eigenvalue weighted by Crippen LogP contribution is 2.10. The molecule has 0 spiro atoms. The number of amides is 1. The second-order valence-electron chi connectivity index (χ2n) is 5.16. The van der Waals surface area contributed by atoms with E-state index in [9.17, 15) is 4.79 Å². The van der Waals surface area contributed by atoms with E-state index in [4.69, 9.17) is 0 Å². The number of carbonyl (C=O) groups is 1. The maximum absolute atomic E-state index is 12.1. The van der Waals surface area contributed by atoms with Gasteiger partial charge in [-0.3, -0.25) is 4.79 Å². The summed E-state index contributed by atoms with van der Waals surface area (Å²) in [6.07, 6.45) is 3.92. The first-order valence-electron chi connectivity index (χ1n) is 6.95. The molecular formula is C18H17N2O+. The number of aryl methyl sites for hydroxylation is 1. The smallest absolute Gasteiger partial charge is 0.290 e. The van der Waals surface area contributed by atoms with Crippen molar-refractivity contribution in [3.05, 3.63) is 72.6 Å². The van der Waals surface area contributed by atoms with E-state index in [1.54, 1.807) is 0 Å². The lowest BCUT2D eigenvalue weighted by molar-refractivity contribution is -0.682. The normalized spacial score (nSPS) is 10.5. The monoisotopic (exact) mass is 277 g/mol. The number of hydrogen-bond donors (Lipinski definition) is 1. The summed E-state index contributed by atoms with van der Waals surface area (Å²) in [6, 6.07) is 17.9. The first kappa shape index (κ1) is 13.3. The molecule has 0 saturated heterocycles. The molecule has 0 fully saturated rings. The number of pyridine rings is 1. The molecule has 1 amide bonds. The molecule has 0 aliphatic heterocycles. The molecule has 0 aliphatic rings. The molecule has 1 aromatic heterocycles. The Kier molecular flexibility index (Phi) is 3.65. The van der Waals surface area contributed by atoms with Crippen molar-refractivity contribution in [1.82, 2.24) is 0 Å². The zero-order valence-corrected chi connectivity index (χ0v) is 11.9. The maximum atomic E-state index is 12.1. The van der Waals surface area contributed by atoms with Gasteiger partial charge < -0.3 is 5.32 Å².